The van der Waals surface area contributed by atoms with Crippen LogP contribution in [-0.4, -0.2) is 14.3 Å². The number of aryl methyl sites for hydroxylation is 1. The van der Waals surface area contributed by atoms with Crippen molar-refractivity contribution in [2.75, 3.05) is 5.32 Å². The summed E-state index contributed by atoms with van der Waals surface area (Å²) < 4.78 is 28.3. The monoisotopic (exact) mass is 516 g/mol. The lowest BCUT2D eigenvalue weighted by molar-refractivity contribution is -0.116. The maximum atomic E-state index is 12.8. The Balaban J connectivity index is 1.33. The van der Waals surface area contributed by atoms with Crippen molar-refractivity contribution in [1.82, 2.24) is 4.72 Å². The fourth-order valence-electron chi connectivity index (χ4n) is 3.69. The zero-order valence-corrected chi connectivity index (χ0v) is 21.6. The predicted octanol–water partition coefficient (Wildman–Crippen LogP) is 6.45. The summed E-state index contributed by atoms with van der Waals surface area (Å²) in [4.78, 5) is 14.9. The van der Waals surface area contributed by atoms with Crippen molar-refractivity contribution < 1.29 is 13.2 Å². The molecule has 4 rings (SSSR count). The SMILES string of the molecule is C[C@@H](NS(=O)(=O)c1ccc(CCC(=O)Nc2ccccc2Sc2ccccc2)cc1)c1ccccc1. The van der Waals surface area contributed by atoms with Crippen LogP contribution in [0.3, 0.4) is 0 Å². The second kappa shape index (κ2) is 12.0. The molecule has 184 valence electrons. The number of sulfonamides is 1. The largest absolute Gasteiger partial charge is 0.325 e. The summed E-state index contributed by atoms with van der Waals surface area (Å²) in [6.45, 7) is 1.82. The molecule has 0 saturated heterocycles. The van der Waals surface area contributed by atoms with Gasteiger partial charge in [-0.2, -0.15) is 0 Å². The summed E-state index contributed by atoms with van der Waals surface area (Å²) in [6, 6.07) is 33.5. The highest BCUT2D eigenvalue weighted by atomic mass is 32.2. The number of rotatable bonds is 10. The molecule has 0 aliphatic carbocycles. The van der Waals surface area contributed by atoms with E-state index in [1.807, 2.05) is 91.9 Å². The van der Waals surface area contributed by atoms with E-state index < -0.39 is 10.0 Å². The molecule has 0 saturated carbocycles. The van der Waals surface area contributed by atoms with Crippen LogP contribution in [0.4, 0.5) is 5.69 Å². The van der Waals surface area contributed by atoms with Gasteiger partial charge in [-0.15, -0.1) is 0 Å². The number of carbonyl (C=O) groups is 1. The average Bonchev–Trinajstić information content (AvgIpc) is 2.90. The maximum absolute atomic E-state index is 12.8. The van der Waals surface area contributed by atoms with Crippen LogP contribution < -0.4 is 10.0 Å². The van der Waals surface area contributed by atoms with Crippen molar-refractivity contribution in [1.29, 1.82) is 0 Å². The van der Waals surface area contributed by atoms with Gasteiger partial charge in [0.25, 0.3) is 0 Å². The lowest BCUT2D eigenvalue weighted by atomic mass is 10.1. The third-order valence-corrected chi connectivity index (χ3v) is 8.28. The smallest absolute Gasteiger partial charge is 0.241 e. The Morgan fingerprint density at radius 3 is 2.11 bits per heavy atom. The molecule has 0 radical (unpaired) electrons. The zero-order valence-electron chi connectivity index (χ0n) is 19.9. The second-order valence-electron chi connectivity index (χ2n) is 8.36. The van der Waals surface area contributed by atoms with Crippen molar-refractivity contribution in [3.05, 3.63) is 120 Å². The topological polar surface area (TPSA) is 75.3 Å². The summed E-state index contributed by atoms with van der Waals surface area (Å²) >= 11 is 1.60. The van der Waals surface area contributed by atoms with Crippen molar-refractivity contribution in [3.8, 4) is 0 Å². The summed E-state index contributed by atoms with van der Waals surface area (Å²) in [6.07, 6.45) is 0.799. The molecule has 36 heavy (non-hydrogen) atoms. The molecule has 0 unspecified atom stereocenters. The quantitative estimate of drug-likeness (QED) is 0.254. The first-order chi connectivity index (χ1) is 17.4. The first kappa shape index (κ1) is 25.7. The lowest BCUT2D eigenvalue weighted by Crippen LogP contribution is -2.26. The minimum Gasteiger partial charge on any atom is -0.325 e. The van der Waals surface area contributed by atoms with Gasteiger partial charge in [0.1, 0.15) is 0 Å². The van der Waals surface area contributed by atoms with Crippen molar-refractivity contribution in [2.24, 2.45) is 0 Å². The van der Waals surface area contributed by atoms with Crippen LogP contribution in [0, 0.1) is 0 Å². The van der Waals surface area contributed by atoms with E-state index in [1.54, 1.807) is 36.0 Å². The van der Waals surface area contributed by atoms with Crippen molar-refractivity contribution >= 4 is 33.4 Å². The van der Waals surface area contributed by atoms with Crippen LogP contribution in [0.1, 0.15) is 30.5 Å². The highest BCUT2D eigenvalue weighted by Crippen LogP contribution is 2.33. The van der Waals surface area contributed by atoms with Gasteiger partial charge < -0.3 is 5.32 Å². The van der Waals surface area contributed by atoms with E-state index in [4.69, 9.17) is 0 Å². The van der Waals surface area contributed by atoms with E-state index >= 15 is 0 Å². The third-order valence-electron chi connectivity index (χ3n) is 5.64. The maximum Gasteiger partial charge on any atom is 0.241 e. The number of amides is 1. The van der Waals surface area contributed by atoms with E-state index in [-0.39, 0.29) is 16.8 Å². The van der Waals surface area contributed by atoms with Gasteiger partial charge in [-0.05, 0) is 60.9 Å². The average molecular weight is 517 g/mol. The molecular formula is C29H28N2O3S2. The van der Waals surface area contributed by atoms with E-state index in [0.29, 0.717) is 12.8 Å². The molecule has 0 heterocycles. The van der Waals surface area contributed by atoms with E-state index in [1.165, 1.54) is 0 Å². The van der Waals surface area contributed by atoms with Gasteiger partial charge in [0.2, 0.25) is 15.9 Å². The first-order valence-electron chi connectivity index (χ1n) is 11.7. The van der Waals surface area contributed by atoms with Crippen LogP contribution in [0.5, 0.6) is 0 Å². The number of hydrogen-bond donors (Lipinski definition) is 2. The molecule has 0 aromatic heterocycles. The van der Waals surface area contributed by atoms with Gasteiger partial charge in [0.15, 0.2) is 0 Å². The van der Waals surface area contributed by atoms with E-state index in [2.05, 4.69) is 10.0 Å². The molecule has 0 fully saturated rings. The normalized spacial score (nSPS) is 12.1. The van der Waals surface area contributed by atoms with Crippen LogP contribution in [0.15, 0.2) is 124 Å². The Hall–Kier alpha value is -3.39. The second-order valence-corrected chi connectivity index (χ2v) is 11.2. The number of hydrogen-bond acceptors (Lipinski definition) is 4. The van der Waals surface area contributed by atoms with Crippen molar-refractivity contribution in [3.63, 3.8) is 0 Å². The number of benzene rings is 4. The summed E-state index contributed by atoms with van der Waals surface area (Å²) in [5.41, 5.74) is 2.57. The predicted molar refractivity (Wildman–Crippen MR) is 146 cm³/mol. The zero-order chi connectivity index (χ0) is 25.4. The first-order valence-corrected chi connectivity index (χ1v) is 14.0. The number of nitrogens with one attached hydrogen (secondary N) is 2. The molecule has 1 amide bonds. The molecule has 0 aliphatic rings. The highest BCUT2D eigenvalue weighted by molar-refractivity contribution is 7.99. The summed E-state index contributed by atoms with van der Waals surface area (Å²) in [5, 5.41) is 3.01. The third kappa shape index (κ3) is 7.07. The standard InChI is InChI=1S/C29H28N2O3S2/c1-22(24-10-4-2-5-11-24)31-36(33,34)26-19-16-23(17-20-26)18-21-29(32)30-27-14-8-9-15-28(27)35-25-12-6-3-7-13-25/h2-17,19-20,22,31H,18,21H2,1H3,(H,30,32)/t22-/m1/s1. The molecule has 0 spiro atoms. The lowest BCUT2D eigenvalue weighted by Gasteiger charge is -2.15. The van der Waals surface area contributed by atoms with E-state index in [9.17, 15) is 13.2 Å². The van der Waals surface area contributed by atoms with Gasteiger partial charge in [-0.3, -0.25) is 4.79 Å². The van der Waals surface area contributed by atoms with Gasteiger partial charge >= 0.3 is 0 Å². The van der Waals surface area contributed by atoms with Crippen LogP contribution in [0.25, 0.3) is 0 Å². The summed E-state index contributed by atoms with van der Waals surface area (Å²) in [7, 11) is -3.66. The molecule has 0 bridgehead atoms. The molecule has 4 aromatic carbocycles. The molecule has 5 nitrogen and oxygen atoms in total. The molecule has 2 N–H and O–H groups in total. The van der Waals surface area contributed by atoms with E-state index in [0.717, 1.165) is 26.6 Å². The fourth-order valence-corrected chi connectivity index (χ4v) is 5.85. The fraction of sp³-hybridized carbons (Fsp3) is 0.138. The molecular weight excluding hydrogens is 488 g/mol. The van der Waals surface area contributed by atoms with Gasteiger partial charge in [-0.1, -0.05) is 84.6 Å². The molecule has 1 atom stereocenters. The summed E-state index contributed by atoms with van der Waals surface area (Å²) in [5.74, 6) is -0.0915. The Labute approximate surface area is 217 Å². The molecule has 4 aromatic rings. The van der Waals surface area contributed by atoms with Crippen LogP contribution >= 0.6 is 11.8 Å². The Morgan fingerprint density at radius 1 is 0.806 bits per heavy atom. The highest BCUT2D eigenvalue weighted by Gasteiger charge is 2.18. The number of para-hydroxylation sites is 1. The van der Waals surface area contributed by atoms with Gasteiger partial charge in [0, 0.05) is 22.3 Å². The van der Waals surface area contributed by atoms with Gasteiger partial charge in [-0.25, -0.2) is 13.1 Å². The van der Waals surface area contributed by atoms with Crippen molar-refractivity contribution in [2.45, 2.75) is 40.5 Å². The Bertz CT molecular complexity index is 1390. The number of anilines is 1. The minimum atomic E-state index is -3.66. The van der Waals surface area contributed by atoms with Crippen LogP contribution in [0.2, 0.25) is 0 Å². The molecule has 7 heteroatoms. The number of carbonyl (C=O) groups excluding carboxylic acids is 1. The Morgan fingerprint density at radius 2 is 1.42 bits per heavy atom. The van der Waals surface area contributed by atoms with Crippen LogP contribution in [-0.2, 0) is 21.2 Å². The van der Waals surface area contributed by atoms with Gasteiger partial charge in [0.05, 0.1) is 10.6 Å². The minimum absolute atomic E-state index is 0.0915. The Kier molecular flexibility index (Phi) is 8.59. The molecule has 0 aliphatic heterocycles.